The van der Waals surface area contributed by atoms with E-state index in [2.05, 4.69) is 25.7 Å². The van der Waals surface area contributed by atoms with Crippen molar-refractivity contribution in [3.05, 3.63) is 120 Å². The van der Waals surface area contributed by atoms with Crippen LogP contribution in [0.3, 0.4) is 0 Å². The lowest BCUT2D eigenvalue weighted by molar-refractivity contribution is -0.149. The van der Waals surface area contributed by atoms with Gasteiger partial charge in [0.25, 0.3) is 10.0 Å². The number of para-hydroxylation sites is 1. The van der Waals surface area contributed by atoms with Gasteiger partial charge in [0.2, 0.25) is 0 Å². The van der Waals surface area contributed by atoms with Gasteiger partial charge >= 0.3 is 5.97 Å². The van der Waals surface area contributed by atoms with Crippen molar-refractivity contribution in [1.82, 2.24) is 4.31 Å². The van der Waals surface area contributed by atoms with Crippen molar-refractivity contribution in [1.29, 1.82) is 0 Å². The Morgan fingerprint density at radius 3 is 2.39 bits per heavy atom. The maximum absolute atomic E-state index is 14.4. The monoisotopic (exact) mass is 608 g/mol. The fraction of sp³-hybridized carbons (Fsp3) is 0.324. The Balaban J connectivity index is 1.50. The van der Waals surface area contributed by atoms with Gasteiger partial charge in [0, 0.05) is 18.0 Å². The zero-order chi connectivity index (χ0) is 31.0. The molecule has 0 radical (unpaired) electrons. The predicted octanol–water partition coefficient (Wildman–Crippen LogP) is 7.79. The van der Waals surface area contributed by atoms with E-state index in [0.29, 0.717) is 17.5 Å². The van der Waals surface area contributed by atoms with Crippen LogP contribution < -0.4 is 4.90 Å². The molecule has 0 N–H and O–H groups in total. The molecule has 6 nitrogen and oxygen atoms in total. The first-order valence-electron chi connectivity index (χ1n) is 15.5. The summed E-state index contributed by atoms with van der Waals surface area (Å²) in [6.45, 7) is 8.47. The number of rotatable bonds is 6. The molecule has 1 aliphatic carbocycles. The minimum Gasteiger partial charge on any atom is -0.459 e. The van der Waals surface area contributed by atoms with Gasteiger partial charge in [-0.05, 0) is 66.8 Å². The fourth-order valence-corrected chi connectivity index (χ4v) is 8.11. The number of sulfonamides is 1. The van der Waals surface area contributed by atoms with Gasteiger partial charge in [-0.3, -0.25) is 0 Å². The SMILES string of the molecule is Cc1ccc(S(=O)(=O)N2C=C(c3ccccc3)N3c4ccccc4C=C[C@H]3/C2=C\C(=O)O[C@@H]2C[C@H](C)CC[C@H]2C(C)C)cc1. The Hall–Kier alpha value is -4.10. The summed E-state index contributed by atoms with van der Waals surface area (Å²) in [6, 6.07) is 24.0. The second-order valence-corrected chi connectivity index (χ2v) is 14.4. The Morgan fingerprint density at radius 1 is 0.955 bits per heavy atom. The number of carbonyl (C=O) groups excluding carboxylic acids is 1. The van der Waals surface area contributed by atoms with E-state index in [9.17, 15) is 13.2 Å². The largest absolute Gasteiger partial charge is 0.459 e. The molecule has 44 heavy (non-hydrogen) atoms. The van der Waals surface area contributed by atoms with Crippen LogP contribution in [-0.2, 0) is 19.6 Å². The van der Waals surface area contributed by atoms with Gasteiger partial charge in [0.05, 0.1) is 22.3 Å². The second-order valence-electron chi connectivity index (χ2n) is 12.6. The zero-order valence-electron chi connectivity index (χ0n) is 25.8. The molecule has 3 aromatic carbocycles. The molecular formula is C37H40N2O4S. The normalized spacial score (nSPS) is 24.1. The van der Waals surface area contributed by atoms with Crippen molar-refractivity contribution in [3.8, 4) is 0 Å². The summed E-state index contributed by atoms with van der Waals surface area (Å²) in [6.07, 6.45) is 9.75. The van der Waals surface area contributed by atoms with Crippen LogP contribution in [0.25, 0.3) is 11.8 Å². The third-order valence-electron chi connectivity index (χ3n) is 9.13. The van der Waals surface area contributed by atoms with E-state index in [-0.39, 0.29) is 16.9 Å². The number of hydrogen-bond donors (Lipinski definition) is 0. The predicted molar refractivity (Wildman–Crippen MR) is 176 cm³/mol. The number of esters is 1. The van der Waals surface area contributed by atoms with E-state index in [1.165, 1.54) is 10.4 Å². The lowest BCUT2D eigenvalue weighted by atomic mass is 9.75. The summed E-state index contributed by atoms with van der Waals surface area (Å²) in [5, 5.41) is 0. The minimum absolute atomic E-state index is 0.153. The average molecular weight is 609 g/mol. The van der Waals surface area contributed by atoms with E-state index in [4.69, 9.17) is 4.74 Å². The van der Waals surface area contributed by atoms with Crippen LogP contribution in [0, 0.1) is 24.7 Å². The van der Waals surface area contributed by atoms with Gasteiger partial charge in [-0.1, -0.05) is 106 Å². The molecule has 0 spiro atoms. The molecule has 3 aromatic rings. The zero-order valence-corrected chi connectivity index (χ0v) is 26.6. The smallest absolute Gasteiger partial charge is 0.332 e. The van der Waals surface area contributed by atoms with Gasteiger partial charge in [-0.15, -0.1) is 0 Å². The van der Waals surface area contributed by atoms with Crippen LogP contribution in [-0.4, -0.2) is 30.8 Å². The van der Waals surface area contributed by atoms with Crippen LogP contribution in [0.4, 0.5) is 5.69 Å². The summed E-state index contributed by atoms with van der Waals surface area (Å²) >= 11 is 0. The third kappa shape index (κ3) is 5.73. The molecule has 0 bridgehead atoms. The first-order chi connectivity index (χ1) is 21.1. The molecule has 6 rings (SSSR count). The van der Waals surface area contributed by atoms with Gasteiger partial charge in [-0.2, -0.15) is 0 Å². The topological polar surface area (TPSA) is 66.9 Å². The highest BCUT2D eigenvalue weighted by Crippen LogP contribution is 2.44. The molecule has 0 aromatic heterocycles. The Kier molecular flexibility index (Phi) is 8.25. The molecule has 2 aliphatic heterocycles. The Labute approximate surface area is 261 Å². The van der Waals surface area contributed by atoms with E-state index >= 15 is 0 Å². The van der Waals surface area contributed by atoms with Crippen molar-refractivity contribution in [2.75, 3.05) is 4.90 Å². The van der Waals surface area contributed by atoms with Gasteiger partial charge in [0.1, 0.15) is 6.10 Å². The molecule has 0 unspecified atom stereocenters. The number of fused-ring (bicyclic) bond motifs is 3. The quantitative estimate of drug-likeness (QED) is 0.211. The van der Waals surface area contributed by atoms with Crippen LogP contribution >= 0.6 is 0 Å². The molecule has 0 amide bonds. The van der Waals surface area contributed by atoms with Crippen molar-refractivity contribution in [3.63, 3.8) is 0 Å². The van der Waals surface area contributed by atoms with Gasteiger partial charge < -0.3 is 9.64 Å². The first-order valence-corrected chi connectivity index (χ1v) is 16.9. The standard InChI is InChI=1S/C37H40N2O4S/c1-25(2)31-20-16-27(4)22-36(31)43-37(40)23-34-33-21-17-29-12-8-9-13-32(29)39(33)35(28-10-6-5-7-11-28)24-38(34)44(41,42)30-18-14-26(3)15-19-30/h5-15,17-19,21,23-25,27,31,33,36H,16,20,22H2,1-4H3/b34-23+/t27-,31+,33+,36-/m1/s1. The van der Waals surface area contributed by atoms with Crippen molar-refractivity contribution in [2.45, 2.75) is 64.0 Å². The second kappa shape index (κ2) is 12.1. The van der Waals surface area contributed by atoms with Crippen LogP contribution in [0.2, 0.25) is 0 Å². The summed E-state index contributed by atoms with van der Waals surface area (Å²) < 4.78 is 36.3. The number of hydrogen-bond acceptors (Lipinski definition) is 5. The maximum Gasteiger partial charge on any atom is 0.332 e. The van der Waals surface area contributed by atoms with Crippen LogP contribution in [0.15, 0.2) is 108 Å². The Morgan fingerprint density at radius 2 is 1.66 bits per heavy atom. The van der Waals surface area contributed by atoms with E-state index in [1.807, 2.05) is 73.7 Å². The number of benzene rings is 3. The molecule has 1 saturated carbocycles. The van der Waals surface area contributed by atoms with E-state index < -0.39 is 22.0 Å². The molecule has 7 heteroatoms. The van der Waals surface area contributed by atoms with Crippen molar-refractivity contribution in [2.24, 2.45) is 17.8 Å². The Bertz CT molecular complexity index is 1720. The lowest BCUT2D eigenvalue weighted by Gasteiger charge is -2.45. The third-order valence-corrected chi connectivity index (χ3v) is 10.8. The number of anilines is 1. The summed E-state index contributed by atoms with van der Waals surface area (Å²) in [5.41, 5.74) is 4.81. The van der Waals surface area contributed by atoms with E-state index in [1.54, 1.807) is 30.5 Å². The summed E-state index contributed by atoms with van der Waals surface area (Å²) in [7, 11) is -4.09. The first kappa shape index (κ1) is 29.9. The highest BCUT2D eigenvalue weighted by atomic mass is 32.2. The highest BCUT2D eigenvalue weighted by Gasteiger charge is 2.41. The summed E-state index contributed by atoms with van der Waals surface area (Å²) in [4.78, 5) is 16.1. The van der Waals surface area contributed by atoms with Gasteiger partial charge in [0.15, 0.2) is 0 Å². The highest BCUT2D eigenvalue weighted by molar-refractivity contribution is 7.89. The number of nitrogens with zero attached hydrogens (tertiary/aromatic N) is 2. The lowest BCUT2D eigenvalue weighted by Crippen LogP contribution is -2.47. The summed E-state index contributed by atoms with van der Waals surface area (Å²) in [5.74, 6) is 0.603. The molecule has 2 heterocycles. The number of carbonyl (C=O) groups is 1. The van der Waals surface area contributed by atoms with Crippen molar-refractivity contribution >= 4 is 33.5 Å². The minimum atomic E-state index is -4.09. The maximum atomic E-state index is 14.4. The molecule has 0 saturated heterocycles. The molecular weight excluding hydrogens is 568 g/mol. The van der Waals surface area contributed by atoms with E-state index in [0.717, 1.165) is 47.3 Å². The molecule has 4 atom stereocenters. The van der Waals surface area contributed by atoms with Crippen LogP contribution in [0.5, 0.6) is 0 Å². The van der Waals surface area contributed by atoms with Crippen LogP contribution in [0.1, 0.15) is 56.7 Å². The van der Waals surface area contributed by atoms with Crippen molar-refractivity contribution < 1.29 is 17.9 Å². The number of aryl methyl sites for hydroxylation is 1. The number of ether oxygens (including phenoxy) is 1. The molecule has 228 valence electrons. The van der Waals surface area contributed by atoms with Gasteiger partial charge in [-0.25, -0.2) is 17.5 Å². The molecule has 1 fully saturated rings. The fourth-order valence-electron chi connectivity index (χ4n) is 6.72. The average Bonchev–Trinajstić information content (AvgIpc) is 3.01. The molecule has 3 aliphatic rings.